The summed E-state index contributed by atoms with van der Waals surface area (Å²) in [7, 11) is 1.68. The smallest absolute Gasteiger partial charge is 0.0936 e. The van der Waals surface area contributed by atoms with E-state index in [4.69, 9.17) is 9.47 Å². The molecule has 1 unspecified atom stereocenters. The molecule has 0 rings (SSSR count). The Bertz CT molecular complexity index is 126. The van der Waals surface area contributed by atoms with Crippen LogP contribution in [0, 0.1) is 0 Å². The van der Waals surface area contributed by atoms with Crippen molar-refractivity contribution < 1.29 is 9.47 Å². The van der Waals surface area contributed by atoms with Crippen LogP contribution in [0.25, 0.3) is 0 Å². The summed E-state index contributed by atoms with van der Waals surface area (Å²) < 4.78 is 10.5. The molecule has 0 amide bonds. The predicted octanol–water partition coefficient (Wildman–Crippen LogP) is 1.20. The van der Waals surface area contributed by atoms with E-state index in [-0.39, 0.29) is 6.10 Å². The van der Waals surface area contributed by atoms with Crippen LogP contribution in [-0.4, -0.2) is 39.0 Å². The van der Waals surface area contributed by atoms with E-state index in [1.165, 1.54) is 0 Å². The fourth-order valence-corrected chi connectivity index (χ4v) is 0.923. The Labute approximate surface area is 81.1 Å². The van der Waals surface area contributed by atoms with Gasteiger partial charge >= 0.3 is 0 Å². The van der Waals surface area contributed by atoms with Gasteiger partial charge in [-0.3, -0.25) is 0 Å². The van der Waals surface area contributed by atoms with Crippen molar-refractivity contribution in [1.82, 2.24) is 5.32 Å². The normalized spacial score (nSPS) is 13.2. The molecule has 1 atom stereocenters. The Kier molecular flexibility index (Phi) is 7.99. The lowest BCUT2D eigenvalue weighted by Gasteiger charge is -2.18. The highest BCUT2D eigenvalue weighted by Gasteiger charge is 2.07. The molecule has 3 nitrogen and oxygen atoms in total. The lowest BCUT2D eigenvalue weighted by Crippen LogP contribution is -2.36. The van der Waals surface area contributed by atoms with Gasteiger partial charge in [-0.2, -0.15) is 0 Å². The molecule has 0 aromatic carbocycles. The largest absolute Gasteiger partial charge is 0.382 e. The Morgan fingerprint density at radius 1 is 1.46 bits per heavy atom. The zero-order valence-corrected chi connectivity index (χ0v) is 8.88. The van der Waals surface area contributed by atoms with Gasteiger partial charge in [0.25, 0.3) is 0 Å². The van der Waals surface area contributed by atoms with Crippen molar-refractivity contribution in [3.8, 4) is 0 Å². The van der Waals surface area contributed by atoms with Crippen LogP contribution in [0.4, 0.5) is 0 Å². The van der Waals surface area contributed by atoms with Crippen molar-refractivity contribution in [3.05, 3.63) is 12.7 Å². The third kappa shape index (κ3) is 7.96. The maximum absolute atomic E-state index is 5.48. The fourth-order valence-electron chi connectivity index (χ4n) is 0.923. The van der Waals surface area contributed by atoms with E-state index >= 15 is 0 Å². The summed E-state index contributed by atoms with van der Waals surface area (Å²) >= 11 is 0. The average Bonchev–Trinajstić information content (AvgIpc) is 2.09. The van der Waals surface area contributed by atoms with Gasteiger partial charge in [0, 0.05) is 19.7 Å². The molecule has 0 aliphatic rings. The van der Waals surface area contributed by atoms with Gasteiger partial charge in [0.1, 0.15) is 0 Å². The first-order valence-corrected chi connectivity index (χ1v) is 4.65. The van der Waals surface area contributed by atoms with Gasteiger partial charge in [0.2, 0.25) is 0 Å². The third-order valence-corrected chi connectivity index (χ3v) is 1.56. The minimum Gasteiger partial charge on any atom is -0.382 e. The second-order valence-electron chi connectivity index (χ2n) is 3.26. The van der Waals surface area contributed by atoms with E-state index in [0.717, 1.165) is 6.54 Å². The van der Waals surface area contributed by atoms with Crippen LogP contribution in [0.2, 0.25) is 0 Å². The van der Waals surface area contributed by atoms with Crippen LogP contribution in [0.1, 0.15) is 13.8 Å². The maximum Gasteiger partial charge on any atom is 0.0936 e. The average molecular weight is 187 g/mol. The molecule has 0 aliphatic carbocycles. The molecular weight excluding hydrogens is 166 g/mol. The molecule has 0 saturated carbocycles. The van der Waals surface area contributed by atoms with Crippen molar-refractivity contribution in [1.29, 1.82) is 0 Å². The summed E-state index contributed by atoms with van der Waals surface area (Å²) in [5.41, 5.74) is 0. The van der Waals surface area contributed by atoms with Gasteiger partial charge < -0.3 is 14.8 Å². The van der Waals surface area contributed by atoms with Crippen molar-refractivity contribution in [2.75, 3.05) is 26.9 Å². The highest BCUT2D eigenvalue weighted by atomic mass is 16.5. The van der Waals surface area contributed by atoms with Crippen molar-refractivity contribution in [2.45, 2.75) is 26.0 Å². The number of hydrogen-bond donors (Lipinski definition) is 1. The molecule has 13 heavy (non-hydrogen) atoms. The van der Waals surface area contributed by atoms with Crippen molar-refractivity contribution in [3.63, 3.8) is 0 Å². The second-order valence-corrected chi connectivity index (χ2v) is 3.26. The summed E-state index contributed by atoms with van der Waals surface area (Å²) in [4.78, 5) is 0. The van der Waals surface area contributed by atoms with Gasteiger partial charge in [0.05, 0.1) is 19.3 Å². The van der Waals surface area contributed by atoms with E-state index < -0.39 is 0 Å². The highest BCUT2D eigenvalue weighted by Crippen LogP contribution is 1.92. The first-order valence-electron chi connectivity index (χ1n) is 4.65. The van der Waals surface area contributed by atoms with Crippen LogP contribution in [0.3, 0.4) is 0 Å². The number of methoxy groups -OCH3 is 1. The Balaban J connectivity index is 3.59. The summed E-state index contributed by atoms with van der Waals surface area (Å²) in [5.74, 6) is 0. The van der Waals surface area contributed by atoms with Crippen molar-refractivity contribution >= 4 is 0 Å². The molecule has 0 aromatic rings. The van der Waals surface area contributed by atoms with E-state index in [9.17, 15) is 0 Å². The predicted molar refractivity (Wildman–Crippen MR) is 55.0 cm³/mol. The minimum atomic E-state index is 0.116. The molecule has 0 bridgehead atoms. The molecular formula is C10H21NO2. The summed E-state index contributed by atoms with van der Waals surface area (Å²) in [6.07, 6.45) is 1.86. The number of hydrogen-bond acceptors (Lipinski definition) is 3. The van der Waals surface area contributed by atoms with Gasteiger partial charge in [-0.15, -0.1) is 6.58 Å². The summed E-state index contributed by atoms with van der Waals surface area (Å²) in [6, 6.07) is 0.478. The van der Waals surface area contributed by atoms with E-state index in [1.807, 2.05) is 0 Å². The zero-order valence-electron chi connectivity index (χ0n) is 8.88. The molecule has 0 heterocycles. The molecule has 78 valence electrons. The van der Waals surface area contributed by atoms with Crippen LogP contribution >= 0.6 is 0 Å². The molecule has 0 aliphatic heterocycles. The maximum atomic E-state index is 5.48. The lowest BCUT2D eigenvalue weighted by molar-refractivity contribution is 0.0112. The molecule has 0 spiro atoms. The first-order chi connectivity index (χ1) is 6.20. The minimum absolute atomic E-state index is 0.116. The number of rotatable bonds is 8. The van der Waals surface area contributed by atoms with Crippen molar-refractivity contribution in [2.24, 2.45) is 0 Å². The second kappa shape index (κ2) is 8.23. The number of ether oxygens (including phenoxy) is 2. The standard InChI is InChI=1S/C10H21NO2/c1-5-6-13-10(8-12-4)7-11-9(2)3/h5,9-11H,1,6-8H2,2-4H3. The molecule has 0 fully saturated rings. The molecule has 1 N–H and O–H groups in total. The first kappa shape index (κ1) is 12.6. The van der Waals surface area contributed by atoms with Crippen LogP contribution in [0.15, 0.2) is 12.7 Å². The molecule has 0 radical (unpaired) electrons. The summed E-state index contributed by atoms with van der Waals surface area (Å²) in [5, 5.41) is 3.30. The zero-order chi connectivity index (χ0) is 10.1. The monoisotopic (exact) mass is 187 g/mol. The van der Waals surface area contributed by atoms with Crippen LogP contribution in [0.5, 0.6) is 0 Å². The Morgan fingerprint density at radius 3 is 2.62 bits per heavy atom. The quantitative estimate of drug-likeness (QED) is 0.579. The van der Waals surface area contributed by atoms with Gasteiger partial charge in [-0.1, -0.05) is 19.9 Å². The molecule has 0 saturated heterocycles. The van der Waals surface area contributed by atoms with Crippen LogP contribution < -0.4 is 5.32 Å². The van der Waals surface area contributed by atoms with E-state index in [2.05, 4.69) is 25.7 Å². The fraction of sp³-hybridized carbons (Fsp3) is 0.800. The third-order valence-electron chi connectivity index (χ3n) is 1.56. The summed E-state index contributed by atoms with van der Waals surface area (Å²) in [6.45, 7) is 9.83. The SMILES string of the molecule is C=CCOC(CNC(C)C)COC. The van der Waals surface area contributed by atoms with Crippen LogP contribution in [-0.2, 0) is 9.47 Å². The number of nitrogens with one attached hydrogen (secondary N) is 1. The Hall–Kier alpha value is -0.380. The topological polar surface area (TPSA) is 30.5 Å². The lowest BCUT2D eigenvalue weighted by atomic mass is 10.3. The van der Waals surface area contributed by atoms with Gasteiger partial charge in [0.15, 0.2) is 0 Å². The van der Waals surface area contributed by atoms with Gasteiger partial charge in [-0.05, 0) is 0 Å². The van der Waals surface area contributed by atoms with E-state index in [1.54, 1.807) is 13.2 Å². The Morgan fingerprint density at radius 2 is 2.15 bits per heavy atom. The highest BCUT2D eigenvalue weighted by molar-refractivity contribution is 4.69. The van der Waals surface area contributed by atoms with Gasteiger partial charge in [-0.25, -0.2) is 0 Å². The molecule has 0 aromatic heterocycles. The molecule has 3 heteroatoms. The van der Waals surface area contributed by atoms with E-state index in [0.29, 0.717) is 19.3 Å².